The maximum Gasteiger partial charge on any atom is 0.255 e. The van der Waals surface area contributed by atoms with Gasteiger partial charge in [0.15, 0.2) is 0 Å². The van der Waals surface area contributed by atoms with E-state index in [2.05, 4.69) is 23.3 Å². The zero-order chi connectivity index (χ0) is 20.2. The molecule has 0 unspecified atom stereocenters. The lowest BCUT2D eigenvalue weighted by molar-refractivity contribution is 0.0951. The van der Waals surface area contributed by atoms with E-state index in [-0.39, 0.29) is 11.7 Å². The van der Waals surface area contributed by atoms with E-state index in [0.29, 0.717) is 31.0 Å². The summed E-state index contributed by atoms with van der Waals surface area (Å²) in [5.74, 6) is 0.704. The average molecular weight is 383 g/mol. The highest BCUT2D eigenvalue weighted by molar-refractivity contribution is 5.98. The summed E-state index contributed by atoms with van der Waals surface area (Å²) < 4.78 is 10.7. The van der Waals surface area contributed by atoms with Crippen molar-refractivity contribution in [2.24, 2.45) is 0 Å². The minimum Gasteiger partial charge on any atom is -0.490 e. The van der Waals surface area contributed by atoms with E-state index in [1.54, 1.807) is 19.2 Å². The first-order valence-corrected chi connectivity index (χ1v) is 9.53. The molecule has 0 aliphatic rings. The quantitative estimate of drug-likeness (QED) is 0.454. The van der Waals surface area contributed by atoms with Crippen LogP contribution in [-0.4, -0.2) is 24.6 Å². The number of unbranched alkanes of at least 4 members (excludes halogenated alkanes) is 2. The topological polar surface area (TPSA) is 86.5 Å². The normalized spacial score (nSPS) is 10.9. The van der Waals surface area contributed by atoms with Crippen LogP contribution in [0.25, 0.3) is 0 Å². The van der Waals surface area contributed by atoms with Gasteiger partial charge in [0.05, 0.1) is 17.9 Å². The molecule has 1 amide bonds. The van der Waals surface area contributed by atoms with Crippen molar-refractivity contribution in [3.8, 4) is 5.75 Å². The Morgan fingerprint density at radius 3 is 2.86 bits per heavy atom. The van der Waals surface area contributed by atoms with Crippen LogP contribution in [0, 0.1) is 0 Å². The van der Waals surface area contributed by atoms with Crippen LogP contribution in [0.4, 0.5) is 5.82 Å². The van der Waals surface area contributed by atoms with E-state index in [1.807, 2.05) is 30.3 Å². The van der Waals surface area contributed by atoms with Crippen molar-refractivity contribution in [2.75, 3.05) is 19.5 Å². The van der Waals surface area contributed by atoms with Crippen LogP contribution >= 0.6 is 0 Å². The fraction of sp³-hybridized carbons (Fsp3) is 0.364. The monoisotopic (exact) mass is 383 g/mol. The van der Waals surface area contributed by atoms with Gasteiger partial charge in [-0.15, -0.1) is 0 Å². The van der Waals surface area contributed by atoms with Crippen molar-refractivity contribution in [1.29, 1.82) is 0 Å². The first-order valence-electron chi connectivity index (χ1n) is 9.53. The van der Waals surface area contributed by atoms with Gasteiger partial charge in [-0.25, -0.2) is 4.98 Å². The van der Waals surface area contributed by atoms with Crippen molar-refractivity contribution >= 4 is 11.7 Å². The van der Waals surface area contributed by atoms with Gasteiger partial charge in [0.1, 0.15) is 18.2 Å². The number of methoxy groups -OCH3 is 1. The fourth-order valence-corrected chi connectivity index (χ4v) is 2.61. The van der Waals surface area contributed by atoms with Crippen LogP contribution in [-0.2, 0) is 17.9 Å². The molecule has 150 valence electrons. The van der Waals surface area contributed by atoms with E-state index < -0.39 is 0 Å². The Hall–Kier alpha value is -2.86. The first kappa shape index (κ1) is 21.4. The van der Waals surface area contributed by atoms with E-state index >= 15 is 0 Å². The van der Waals surface area contributed by atoms with Crippen LogP contribution < -0.4 is 15.8 Å². The van der Waals surface area contributed by atoms with Crippen molar-refractivity contribution in [1.82, 2.24) is 10.3 Å². The molecule has 3 N–H and O–H groups in total. The van der Waals surface area contributed by atoms with Gasteiger partial charge in [-0.3, -0.25) is 4.79 Å². The van der Waals surface area contributed by atoms with Gasteiger partial charge in [0, 0.05) is 13.7 Å². The minimum atomic E-state index is -0.265. The van der Waals surface area contributed by atoms with Crippen molar-refractivity contribution < 1.29 is 14.3 Å². The molecule has 0 fully saturated rings. The van der Waals surface area contributed by atoms with Crippen LogP contribution in [0.15, 0.2) is 48.6 Å². The number of anilines is 1. The second-order valence-electron chi connectivity index (χ2n) is 6.42. The van der Waals surface area contributed by atoms with E-state index in [0.717, 1.165) is 17.7 Å². The van der Waals surface area contributed by atoms with Crippen molar-refractivity contribution in [2.45, 2.75) is 39.3 Å². The second-order valence-corrected chi connectivity index (χ2v) is 6.42. The molecule has 0 saturated heterocycles. The van der Waals surface area contributed by atoms with Gasteiger partial charge in [-0.1, -0.05) is 44.1 Å². The van der Waals surface area contributed by atoms with Crippen LogP contribution in [0.2, 0.25) is 0 Å². The molecule has 0 atom stereocenters. The molecule has 2 rings (SSSR count). The van der Waals surface area contributed by atoms with Gasteiger partial charge >= 0.3 is 0 Å². The molecule has 0 saturated carbocycles. The third kappa shape index (κ3) is 7.04. The Balaban J connectivity index is 1.87. The number of ether oxygens (including phenoxy) is 2. The molecule has 0 aliphatic carbocycles. The molecule has 28 heavy (non-hydrogen) atoms. The summed E-state index contributed by atoms with van der Waals surface area (Å²) in [6.07, 6.45) is 7.65. The number of benzene rings is 1. The fourth-order valence-electron chi connectivity index (χ4n) is 2.61. The molecule has 1 aromatic carbocycles. The summed E-state index contributed by atoms with van der Waals surface area (Å²) >= 11 is 0. The molecule has 6 heteroatoms. The highest BCUT2D eigenvalue weighted by atomic mass is 16.5. The Kier molecular flexibility index (Phi) is 9.01. The summed E-state index contributed by atoms with van der Waals surface area (Å²) in [6.45, 7) is 3.44. The SMILES string of the molecule is CCCC/C=C/COc1cccc(CNC(=O)c2ccc(COC)nc2N)c1. The number of carbonyl (C=O) groups is 1. The van der Waals surface area contributed by atoms with Crippen LogP contribution in [0.1, 0.15) is 47.8 Å². The van der Waals surface area contributed by atoms with E-state index in [4.69, 9.17) is 15.2 Å². The molecule has 0 spiro atoms. The molecule has 2 aromatic rings. The molecule has 0 bridgehead atoms. The summed E-state index contributed by atoms with van der Waals surface area (Å²) in [4.78, 5) is 16.6. The maximum atomic E-state index is 12.4. The molecular formula is C22H29N3O3. The number of allylic oxidation sites excluding steroid dienone is 1. The average Bonchev–Trinajstić information content (AvgIpc) is 2.69. The number of nitrogens with one attached hydrogen (secondary N) is 1. The highest BCUT2D eigenvalue weighted by Crippen LogP contribution is 2.15. The Morgan fingerprint density at radius 2 is 2.11 bits per heavy atom. The van der Waals surface area contributed by atoms with Crippen LogP contribution in [0.5, 0.6) is 5.75 Å². The molecule has 0 aliphatic heterocycles. The standard InChI is InChI=1S/C22H29N3O3/c1-3-4-5-6-7-13-28-19-10-8-9-17(14-19)15-24-22(26)20-12-11-18(16-27-2)25-21(20)23/h6-12,14H,3-5,13,15-16H2,1-2H3,(H2,23,25)(H,24,26)/b7-6+. The molecule has 0 radical (unpaired) electrons. The third-order valence-corrected chi connectivity index (χ3v) is 4.11. The van der Waals surface area contributed by atoms with Crippen molar-refractivity contribution in [3.05, 3.63) is 65.4 Å². The van der Waals surface area contributed by atoms with E-state index in [1.165, 1.54) is 12.8 Å². The molecule has 1 aromatic heterocycles. The maximum absolute atomic E-state index is 12.4. The van der Waals surface area contributed by atoms with Gasteiger partial charge in [0.25, 0.3) is 5.91 Å². The number of nitrogen functional groups attached to an aromatic ring is 1. The highest BCUT2D eigenvalue weighted by Gasteiger charge is 2.11. The zero-order valence-electron chi connectivity index (χ0n) is 16.6. The Labute approximate surface area is 166 Å². The summed E-state index contributed by atoms with van der Waals surface area (Å²) in [5.41, 5.74) is 7.87. The van der Waals surface area contributed by atoms with Gasteiger partial charge in [-0.2, -0.15) is 0 Å². The first-order chi connectivity index (χ1) is 13.6. The Morgan fingerprint density at radius 1 is 1.25 bits per heavy atom. The number of nitrogens with zero attached hydrogens (tertiary/aromatic N) is 1. The summed E-state index contributed by atoms with van der Waals surface area (Å²) in [7, 11) is 1.58. The van der Waals surface area contributed by atoms with E-state index in [9.17, 15) is 4.79 Å². The molecular weight excluding hydrogens is 354 g/mol. The third-order valence-electron chi connectivity index (χ3n) is 4.11. The van der Waals surface area contributed by atoms with Gasteiger partial charge < -0.3 is 20.5 Å². The number of nitrogens with two attached hydrogens (primary N) is 1. The predicted octanol–water partition coefficient (Wildman–Crippen LogP) is 3.87. The molecule has 6 nitrogen and oxygen atoms in total. The number of amides is 1. The number of aromatic nitrogens is 1. The van der Waals surface area contributed by atoms with Crippen molar-refractivity contribution in [3.63, 3.8) is 0 Å². The number of rotatable bonds is 11. The zero-order valence-corrected chi connectivity index (χ0v) is 16.6. The second kappa shape index (κ2) is 11.8. The summed E-state index contributed by atoms with van der Waals surface area (Å²) in [5, 5.41) is 2.87. The lowest BCUT2D eigenvalue weighted by Crippen LogP contribution is -2.24. The van der Waals surface area contributed by atoms with Gasteiger partial charge in [0.2, 0.25) is 0 Å². The minimum absolute atomic E-state index is 0.194. The number of hydrogen-bond donors (Lipinski definition) is 2. The summed E-state index contributed by atoms with van der Waals surface area (Å²) in [6, 6.07) is 11.1. The lowest BCUT2D eigenvalue weighted by atomic mass is 10.2. The number of pyridine rings is 1. The van der Waals surface area contributed by atoms with Crippen LogP contribution in [0.3, 0.4) is 0 Å². The lowest BCUT2D eigenvalue weighted by Gasteiger charge is -2.10. The Bertz CT molecular complexity index is 790. The largest absolute Gasteiger partial charge is 0.490 e. The number of carbonyl (C=O) groups excluding carboxylic acids is 1. The predicted molar refractivity (Wildman–Crippen MR) is 111 cm³/mol. The smallest absolute Gasteiger partial charge is 0.255 e. The number of hydrogen-bond acceptors (Lipinski definition) is 5. The van der Waals surface area contributed by atoms with Gasteiger partial charge in [-0.05, 0) is 36.2 Å². The molecule has 1 heterocycles.